The van der Waals surface area contributed by atoms with Crippen molar-refractivity contribution in [2.24, 2.45) is 23.7 Å². The molecule has 12 nitrogen and oxygen atoms in total. The number of likely N-dealkylation sites (N-methyl/N-ethyl adjacent to an activating group) is 1. The highest BCUT2D eigenvalue weighted by atomic mass is 16.2. The minimum absolute atomic E-state index is 0.00693. The van der Waals surface area contributed by atoms with E-state index in [1.165, 1.54) is 0 Å². The first kappa shape index (κ1) is 46.7. The van der Waals surface area contributed by atoms with Crippen molar-refractivity contribution in [2.45, 2.75) is 122 Å². The normalized spacial score (nSPS) is 23.6. The molecule has 2 N–H and O–H groups in total. The molecule has 8 atom stereocenters. The standard InChI is InChI=1S/C50H70N6O6/c1-5-35(2)46(58)52-42(48(60)56-33-27-40-22-15-29-54(50(62)45(40)56)31-25-38-18-10-7-11-19-38)23-13-12-20-41(34-43(57)36(3)51-4)47(59)55-32-26-39-21-14-28-53(49(61)44(39)55)30-24-37-16-8-6-9-17-37/h6-13,16-19,35-36,39-42,44-45,51H,5,14-15,20-34H2,1-4H3,(H,52,58)/b13-12-/t35-,36+,39-,40-,41-,42+,44+,45+/m1/s1. The molecule has 2 aromatic carbocycles. The summed E-state index contributed by atoms with van der Waals surface area (Å²) in [5.41, 5.74) is 2.32. The lowest BCUT2D eigenvalue weighted by molar-refractivity contribution is -0.147. The van der Waals surface area contributed by atoms with E-state index < -0.39 is 30.1 Å². The minimum Gasteiger partial charge on any atom is -0.344 e. The molecule has 0 radical (unpaired) electrons. The number of Topliss-reactive ketones (excluding diaryl/α,β-unsaturated/α-hetero) is 1. The molecule has 62 heavy (non-hydrogen) atoms. The van der Waals surface area contributed by atoms with E-state index in [4.69, 9.17) is 0 Å². The van der Waals surface area contributed by atoms with E-state index in [0.29, 0.717) is 45.7 Å². The highest BCUT2D eigenvalue weighted by Gasteiger charge is 2.47. The SMILES string of the molecule is CC[C@@H](C)C(=O)N[C@@H](C/C=C\C[C@H](CC(=O)[C@H](C)NC)C(=O)N1CC[C@H]2CCCN(CCc3ccccc3)C(=O)[C@H]21)C(=O)N1CC[C@H]2CCCN(CCc3ccccc3)C(=O)[C@H]21. The number of rotatable bonds is 19. The monoisotopic (exact) mass is 851 g/mol. The van der Waals surface area contributed by atoms with Gasteiger partial charge in [-0.2, -0.15) is 0 Å². The molecule has 4 aliphatic heterocycles. The smallest absolute Gasteiger partial charge is 0.246 e. The second kappa shape index (κ2) is 22.5. The molecule has 4 fully saturated rings. The van der Waals surface area contributed by atoms with E-state index in [1.54, 1.807) is 23.8 Å². The number of carbonyl (C=O) groups is 6. The Bertz CT molecular complexity index is 1740. The first-order chi connectivity index (χ1) is 30.0. The molecule has 0 unspecified atom stereocenters. The molecule has 4 aliphatic rings. The van der Waals surface area contributed by atoms with Gasteiger partial charge in [0.05, 0.1) is 6.04 Å². The van der Waals surface area contributed by atoms with E-state index in [2.05, 4.69) is 34.9 Å². The summed E-state index contributed by atoms with van der Waals surface area (Å²) in [7, 11) is 1.72. The molecule has 336 valence electrons. The predicted octanol–water partition coefficient (Wildman–Crippen LogP) is 5.20. The van der Waals surface area contributed by atoms with Gasteiger partial charge in [-0.15, -0.1) is 0 Å². The largest absolute Gasteiger partial charge is 0.344 e. The van der Waals surface area contributed by atoms with Crippen molar-refractivity contribution in [3.8, 4) is 0 Å². The van der Waals surface area contributed by atoms with Gasteiger partial charge in [0.15, 0.2) is 0 Å². The predicted molar refractivity (Wildman–Crippen MR) is 241 cm³/mol. The molecule has 2 aromatic rings. The fraction of sp³-hybridized carbons (Fsp3) is 0.600. The molecule has 0 saturated carbocycles. The van der Waals surface area contributed by atoms with Crippen molar-refractivity contribution in [2.75, 3.05) is 46.3 Å². The van der Waals surface area contributed by atoms with Gasteiger partial charge in [-0.05, 0) is 108 Å². The van der Waals surface area contributed by atoms with E-state index in [-0.39, 0.29) is 72.3 Å². The molecule has 4 saturated heterocycles. The van der Waals surface area contributed by atoms with Gasteiger partial charge in [0, 0.05) is 57.5 Å². The van der Waals surface area contributed by atoms with Crippen LogP contribution in [0, 0.1) is 23.7 Å². The van der Waals surface area contributed by atoms with Crippen LogP contribution in [0.25, 0.3) is 0 Å². The number of nitrogens with zero attached hydrogens (tertiary/aromatic N) is 4. The quantitative estimate of drug-likeness (QED) is 0.186. The summed E-state index contributed by atoms with van der Waals surface area (Å²) in [6.45, 7) is 8.97. The van der Waals surface area contributed by atoms with Crippen molar-refractivity contribution >= 4 is 35.3 Å². The van der Waals surface area contributed by atoms with Crippen molar-refractivity contribution in [1.29, 1.82) is 0 Å². The summed E-state index contributed by atoms with van der Waals surface area (Å²) in [5.74, 6) is -1.65. The number of nitrogens with one attached hydrogen (secondary N) is 2. The van der Waals surface area contributed by atoms with Crippen LogP contribution in [0.3, 0.4) is 0 Å². The van der Waals surface area contributed by atoms with Crippen LogP contribution >= 0.6 is 0 Å². The Hall–Kier alpha value is -4.84. The first-order valence-corrected chi connectivity index (χ1v) is 23.4. The molecular weight excluding hydrogens is 781 g/mol. The van der Waals surface area contributed by atoms with E-state index in [0.717, 1.165) is 62.5 Å². The third kappa shape index (κ3) is 11.6. The van der Waals surface area contributed by atoms with Crippen LogP contribution in [-0.4, -0.2) is 125 Å². The number of ketones is 1. The van der Waals surface area contributed by atoms with E-state index in [1.807, 2.05) is 72.2 Å². The summed E-state index contributed by atoms with van der Waals surface area (Å²) >= 11 is 0. The summed E-state index contributed by atoms with van der Waals surface area (Å²) in [4.78, 5) is 91.6. The van der Waals surface area contributed by atoms with Gasteiger partial charge in [0.2, 0.25) is 29.5 Å². The summed E-state index contributed by atoms with van der Waals surface area (Å²) in [5, 5.41) is 6.03. The topological polar surface area (TPSA) is 139 Å². The van der Waals surface area contributed by atoms with Gasteiger partial charge in [-0.1, -0.05) is 86.7 Å². The van der Waals surface area contributed by atoms with Crippen molar-refractivity contribution in [3.05, 3.63) is 83.9 Å². The summed E-state index contributed by atoms with van der Waals surface area (Å²) in [6.07, 6.45) is 11.2. The Morgan fingerprint density at radius 3 is 1.69 bits per heavy atom. The third-order valence-corrected chi connectivity index (χ3v) is 14.1. The zero-order chi connectivity index (χ0) is 44.2. The molecule has 6 rings (SSSR count). The maximum atomic E-state index is 14.6. The van der Waals surface area contributed by atoms with Gasteiger partial charge in [0.25, 0.3) is 0 Å². The Kier molecular flexibility index (Phi) is 16.9. The number of hydrogen-bond acceptors (Lipinski definition) is 7. The van der Waals surface area contributed by atoms with Crippen LogP contribution < -0.4 is 10.6 Å². The average Bonchev–Trinajstić information content (AvgIpc) is 3.84. The lowest BCUT2D eigenvalue weighted by Crippen LogP contribution is -2.55. The van der Waals surface area contributed by atoms with Crippen molar-refractivity contribution in [1.82, 2.24) is 30.2 Å². The number of allylic oxidation sites excluding steroid dienone is 1. The number of benzene rings is 2. The Balaban J connectivity index is 1.16. The molecule has 5 amide bonds. The molecule has 0 aliphatic carbocycles. The number of amides is 5. The Morgan fingerprint density at radius 2 is 1.19 bits per heavy atom. The zero-order valence-corrected chi connectivity index (χ0v) is 37.5. The molecule has 4 heterocycles. The van der Waals surface area contributed by atoms with Gasteiger partial charge < -0.3 is 30.2 Å². The van der Waals surface area contributed by atoms with Gasteiger partial charge in [0.1, 0.15) is 23.9 Å². The van der Waals surface area contributed by atoms with E-state index in [9.17, 15) is 28.8 Å². The lowest BCUT2D eigenvalue weighted by Gasteiger charge is -2.33. The van der Waals surface area contributed by atoms with Crippen LogP contribution in [0.1, 0.15) is 96.1 Å². The van der Waals surface area contributed by atoms with Gasteiger partial charge >= 0.3 is 0 Å². The van der Waals surface area contributed by atoms with Crippen LogP contribution in [0.2, 0.25) is 0 Å². The van der Waals surface area contributed by atoms with Crippen molar-refractivity contribution < 1.29 is 28.8 Å². The summed E-state index contributed by atoms with van der Waals surface area (Å²) in [6, 6.07) is 17.8. The molecule has 0 aromatic heterocycles. The number of likely N-dealkylation sites (tertiary alicyclic amines) is 4. The number of hydrogen-bond donors (Lipinski definition) is 2. The fourth-order valence-electron chi connectivity index (χ4n) is 9.93. The van der Waals surface area contributed by atoms with Crippen LogP contribution in [-0.2, 0) is 41.6 Å². The fourth-order valence-corrected chi connectivity index (χ4v) is 9.93. The molecule has 12 heteroatoms. The zero-order valence-electron chi connectivity index (χ0n) is 37.5. The average molecular weight is 851 g/mol. The second-order valence-corrected chi connectivity index (χ2v) is 18.1. The Labute approximate surface area is 369 Å². The van der Waals surface area contributed by atoms with E-state index >= 15 is 0 Å². The van der Waals surface area contributed by atoms with Gasteiger partial charge in [-0.3, -0.25) is 28.8 Å². The molecular formula is C50H70N6O6. The molecule has 0 bridgehead atoms. The van der Waals surface area contributed by atoms with Gasteiger partial charge in [-0.25, -0.2) is 0 Å². The highest BCUT2D eigenvalue weighted by molar-refractivity contribution is 5.94. The lowest BCUT2D eigenvalue weighted by atomic mass is 9.92. The van der Waals surface area contributed by atoms with Crippen LogP contribution in [0.15, 0.2) is 72.8 Å². The summed E-state index contributed by atoms with van der Waals surface area (Å²) < 4.78 is 0. The highest BCUT2D eigenvalue weighted by Crippen LogP contribution is 2.35. The number of fused-ring (bicyclic) bond motifs is 2. The minimum atomic E-state index is -0.898. The first-order valence-electron chi connectivity index (χ1n) is 23.4. The maximum absolute atomic E-state index is 14.6. The number of carbonyl (C=O) groups excluding carboxylic acids is 6. The van der Waals surface area contributed by atoms with Crippen LogP contribution in [0.4, 0.5) is 0 Å². The third-order valence-electron chi connectivity index (χ3n) is 14.1. The van der Waals surface area contributed by atoms with Crippen molar-refractivity contribution in [3.63, 3.8) is 0 Å². The maximum Gasteiger partial charge on any atom is 0.246 e. The second-order valence-electron chi connectivity index (χ2n) is 18.1. The van der Waals surface area contributed by atoms with Crippen LogP contribution in [0.5, 0.6) is 0 Å². The Morgan fingerprint density at radius 1 is 0.694 bits per heavy atom. The molecule has 0 spiro atoms.